The molecule has 3 unspecified atom stereocenters. The minimum Gasteiger partial charge on any atom is -0.481 e. The lowest BCUT2D eigenvalue weighted by atomic mass is 9.86. The van der Waals surface area contributed by atoms with E-state index < -0.39 is 12.1 Å². The molecule has 0 aliphatic heterocycles. The molecular formula is C18H30O4. The van der Waals surface area contributed by atoms with Crippen LogP contribution in [0.5, 0.6) is 0 Å². The predicted octanol–water partition coefficient (Wildman–Crippen LogP) is 3.72. The van der Waals surface area contributed by atoms with Crippen molar-refractivity contribution in [2.45, 2.75) is 77.2 Å². The third-order valence-corrected chi connectivity index (χ3v) is 4.55. The van der Waals surface area contributed by atoms with Gasteiger partial charge in [0.2, 0.25) is 0 Å². The highest BCUT2D eigenvalue weighted by Gasteiger charge is 2.39. The largest absolute Gasteiger partial charge is 0.481 e. The van der Waals surface area contributed by atoms with Crippen LogP contribution in [-0.2, 0) is 9.59 Å². The molecule has 0 saturated heterocycles. The van der Waals surface area contributed by atoms with Crippen LogP contribution in [0.15, 0.2) is 12.2 Å². The van der Waals surface area contributed by atoms with Crippen molar-refractivity contribution in [3.8, 4) is 0 Å². The van der Waals surface area contributed by atoms with Gasteiger partial charge in [0.15, 0.2) is 0 Å². The standard InChI is InChI=1S/C18H30O4/c1-2-3-7-10-14-15(17(20)13-16(14)19)11-8-5-4-6-9-12-18(21)22/h3,7,14-16,19H,2,4-6,8-13H2,1H3,(H,21,22). The second-order valence-electron chi connectivity index (χ2n) is 6.32. The highest BCUT2D eigenvalue weighted by molar-refractivity contribution is 5.84. The quantitative estimate of drug-likeness (QED) is 0.450. The number of hydrogen-bond donors (Lipinski definition) is 2. The number of aliphatic carboxylic acids is 1. The van der Waals surface area contributed by atoms with E-state index in [1.54, 1.807) is 0 Å². The number of allylic oxidation sites excluding steroid dienone is 2. The molecular weight excluding hydrogens is 280 g/mol. The van der Waals surface area contributed by atoms with E-state index in [1.165, 1.54) is 0 Å². The van der Waals surface area contributed by atoms with Crippen molar-refractivity contribution in [3.05, 3.63) is 12.2 Å². The predicted molar refractivity (Wildman–Crippen MR) is 86.6 cm³/mol. The zero-order chi connectivity index (χ0) is 16.4. The summed E-state index contributed by atoms with van der Waals surface area (Å²) in [7, 11) is 0. The Labute approximate surface area is 133 Å². The average molecular weight is 310 g/mol. The van der Waals surface area contributed by atoms with Crippen LogP contribution in [0.2, 0.25) is 0 Å². The average Bonchev–Trinajstić information content (AvgIpc) is 2.72. The van der Waals surface area contributed by atoms with Gasteiger partial charge in [0.05, 0.1) is 6.10 Å². The normalized spacial score (nSPS) is 25.2. The first-order valence-corrected chi connectivity index (χ1v) is 8.63. The summed E-state index contributed by atoms with van der Waals surface area (Å²) in [6, 6.07) is 0. The molecule has 22 heavy (non-hydrogen) atoms. The molecule has 2 N–H and O–H groups in total. The number of carbonyl (C=O) groups is 2. The Balaban J connectivity index is 2.25. The van der Waals surface area contributed by atoms with Gasteiger partial charge in [-0.25, -0.2) is 0 Å². The monoisotopic (exact) mass is 310 g/mol. The zero-order valence-electron chi connectivity index (χ0n) is 13.7. The molecule has 0 aromatic heterocycles. The molecule has 1 aliphatic carbocycles. The van der Waals surface area contributed by atoms with Crippen LogP contribution in [-0.4, -0.2) is 28.1 Å². The van der Waals surface area contributed by atoms with E-state index in [4.69, 9.17) is 5.11 Å². The number of rotatable bonds is 11. The number of Topliss-reactive ketones (excluding diaryl/α,β-unsaturated/α-hetero) is 1. The molecule has 0 aromatic rings. The van der Waals surface area contributed by atoms with Crippen LogP contribution in [0.4, 0.5) is 0 Å². The Morgan fingerprint density at radius 2 is 1.86 bits per heavy atom. The Morgan fingerprint density at radius 3 is 2.55 bits per heavy atom. The van der Waals surface area contributed by atoms with Gasteiger partial charge >= 0.3 is 5.97 Å². The van der Waals surface area contributed by atoms with Crippen molar-refractivity contribution in [2.24, 2.45) is 11.8 Å². The van der Waals surface area contributed by atoms with Crippen molar-refractivity contribution in [2.75, 3.05) is 0 Å². The maximum atomic E-state index is 12.0. The Kier molecular flexibility index (Phi) is 9.05. The fraction of sp³-hybridized carbons (Fsp3) is 0.778. The van der Waals surface area contributed by atoms with Crippen molar-refractivity contribution in [1.82, 2.24) is 0 Å². The van der Waals surface area contributed by atoms with Gasteiger partial charge < -0.3 is 10.2 Å². The number of unbranched alkanes of at least 4 members (excludes halogenated alkanes) is 4. The Bertz CT molecular complexity index is 375. The van der Waals surface area contributed by atoms with Gasteiger partial charge in [-0.3, -0.25) is 9.59 Å². The van der Waals surface area contributed by atoms with E-state index in [0.717, 1.165) is 51.4 Å². The van der Waals surface area contributed by atoms with Gasteiger partial charge in [0.25, 0.3) is 0 Å². The van der Waals surface area contributed by atoms with Gasteiger partial charge in [-0.05, 0) is 31.6 Å². The van der Waals surface area contributed by atoms with Gasteiger partial charge in [-0.1, -0.05) is 44.8 Å². The fourth-order valence-electron chi connectivity index (χ4n) is 3.30. The molecule has 0 amide bonds. The summed E-state index contributed by atoms with van der Waals surface area (Å²) in [6.45, 7) is 2.08. The van der Waals surface area contributed by atoms with Crippen LogP contribution >= 0.6 is 0 Å². The van der Waals surface area contributed by atoms with Crippen LogP contribution < -0.4 is 0 Å². The topological polar surface area (TPSA) is 74.6 Å². The van der Waals surface area contributed by atoms with E-state index in [1.807, 2.05) is 0 Å². The lowest BCUT2D eigenvalue weighted by Crippen LogP contribution is -2.20. The number of carbonyl (C=O) groups excluding carboxylic acids is 1. The summed E-state index contributed by atoms with van der Waals surface area (Å²) >= 11 is 0. The Morgan fingerprint density at radius 1 is 1.18 bits per heavy atom. The number of hydrogen-bond acceptors (Lipinski definition) is 3. The van der Waals surface area contributed by atoms with Crippen LogP contribution in [0.25, 0.3) is 0 Å². The number of aliphatic hydroxyl groups is 1. The first-order chi connectivity index (χ1) is 10.6. The van der Waals surface area contributed by atoms with Gasteiger partial charge in [0.1, 0.15) is 5.78 Å². The first-order valence-electron chi connectivity index (χ1n) is 8.63. The number of aliphatic hydroxyl groups excluding tert-OH is 1. The van der Waals surface area contributed by atoms with E-state index in [0.29, 0.717) is 6.42 Å². The molecule has 4 heteroatoms. The van der Waals surface area contributed by atoms with E-state index in [9.17, 15) is 14.7 Å². The summed E-state index contributed by atoms with van der Waals surface area (Å²) in [6.07, 6.45) is 11.6. The molecule has 126 valence electrons. The number of carboxylic acid groups (broad SMARTS) is 1. The first kappa shape index (κ1) is 18.9. The summed E-state index contributed by atoms with van der Waals surface area (Å²) in [4.78, 5) is 22.4. The molecule has 1 rings (SSSR count). The van der Waals surface area contributed by atoms with Gasteiger partial charge in [0, 0.05) is 18.8 Å². The van der Waals surface area contributed by atoms with Gasteiger partial charge in [-0.2, -0.15) is 0 Å². The molecule has 0 spiro atoms. The van der Waals surface area contributed by atoms with Gasteiger partial charge in [-0.15, -0.1) is 0 Å². The maximum absolute atomic E-state index is 12.0. The fourth-order valence-corrected chi connectivity index (χ4v) is 3.30. The molecule has 0 heterocycles. The third-order valence-electron chi connectivity index (χ3n) is 4.55. The van der Waals surface area contributed by atoms with Crippen molar-refractivity contribution in [1.29, 1.82) is 0 Å². The Hall–Kier alpha value is -1.16. The zero-order valence-corrected chi connectivity index (χ0v) is 13.7. The molecule has 4 nitrogen and oxygen atoms in total. The molecule has 3 atom stereocenters. The molecule has 1 aliphatic rings. The van der Waals surface area contributed by atoms with Crippen LogP contribution in [0, 0.1) is 11.8 Å². The lowest BCUT2D eigenvalue weighted by molar-refractivity contribution is -0.137. The summed E-state index contributed by atoms with van der Waals surface area (Å²) in [5, 5.41) is 18.6. The minimum absolute atomic E-state index is 0.00975. The second kappa shape index (κ2) is 10.5. The lowest BCUT2D eigenvalue weighted by Gasteiger charge is -2.19. The number of ketones is 1. The summed E-state index contributed by atoms with van der Waals surface area (Å²) < 4.78 is 0. The highest BCUT2D eigenvalue weighted by atomic mass is 16.4. The van der Waals surface area contributed by atoms with Crippen molar-refractivity contribution >= 4 is 11.8 Å². The van der Waals surface area contributed by atoms with Crippen LogP contribution in [0.3, 0.4) is 0 Å². The minimum atomic E-state index is -0.728. The van der Waals surface area contributed by atoms with E-state index in [-0.39, 0.29) is 24.0 Å². The second-order valence-corrected chi connectivity index (χ2v) is 6.32. The van der Waals surface area contributed by atoms with Crippen LogP contribution in [0.1, 0.15) is 71.1 Å². The number of carboxylic acids is 1. The molecule has 1 saturated carbocycles. The highest BCUT2D eigenvalue weighted by Crippen LogP contribution is 2.35. The maximum Gasteiger partial charge on any atom is 0.303 e. The third kappa shape index (κ3) is 6.73. The molecule has 0 radical (unpaired) electrons. The molecule has 0 bridgehead atoms. The van der Waals surface area contributed by atoms with E-state index in [2.05, 4.69) is 19.1 Å². The smallest absolute Gasteiger partial charge is 0.303 e. The van der Waals surface area contributed by atoms with Crippen molar-refractivity contribution < 1.29 is 19.8 Å². The summed E-state index contributed by atoms with van der Waals surface area (Å²) in [5.74, 6) is -0.417. The van der Waals surface area contributed by atoms with E-state index >= 15 is 0 Å². The SMILES string of the molecule is CCC=CCC1C(O)CC(=O)C1CCCCCCCC(=O)O. The molecule has 0 aromatic carbocycles. The summed E-state index contributed by atoms with van der Waals surface area (Å²) in [5.41, 5.74) is 0. The van der Waals surface area contributed by atoms with Crippen molar-refractivity contribution in [3.63, 3.8) is 0 Å². The molecule has 1 fully saturated rings.